The van der Waals surface area contributed by atoms with Crippen LogP contribution in [-0.2, 0) is 11.9 Å². The zero-order valence-corrected chi connectivity index (χ0v) is 12.7. The smallest absolute Gasteiger partial charge is 0.345 e. The number of H-pyrrole nitrogens is 1. The second-order valence-electron chi connectivity index (χ2n) is 4.69. The lowest BCUT2D eigenvalue weighted by molar-refractivity contribution is -0.137. The molecule has 1 aromatic heterocycles. The van der Waals surface area contributed by atoms with Crippen LogP contribution in [0.5, 0.6) is 0 Å². The minimum absolute atomic E-state index is 0.536. The second kappa shape index (κ2) is 5.85. The van der Waals surface area contributed by atoms with Crippen LogP contribution in [0.3, 0.4) is 0 Å². The van der Waals surface area contributed by atoms with Gasteiger partial charge in [0.05, 0.1) is 27.9 Å². The number of fused-ring (bicyclic) bond motifs is 1. The van der Waals surface area contributed by atoms with E-state index in [1.54, 1.807) is 12.4 Å². The van der Waals surface area contributed by atoms with Crippen LogP contribution in [0.4, 0.5) is 13.2 Å². The number of rotatable bonds is 3. The number of halogens is 4. The van der Waals surface area contributed by atoms with Crippen molar-refractivity contribution in [3.8, 4) is 0 Å². The van der Waals surface area contributed by atoms with E-state index in [-0.39, 0.29) is 0 Å². The number of thioether (sulfide) groups is 1. The molecule has 0 aliphatic heterocycles. The summed E-state index contributed by atoms with van der Waals surface area (Å²) >= 11 is 7.66. The van der Waals surface area contributed by atoms with Gasteiger partial charge in [0.15, 0.2) is 0 Å². The third kappa shape index (κ3) is 3.23. The van der Waals surface area contributed by atoms with E-state index in [4.69, 9.17) is 11.6 Å². The molecule has 1 N–H and O–H groups in total. The van der Waals surface area contributed by atoms with Crippen LogP contribution in [0, 0.1) is 0 Å². The lowest BCUT2D eigenvalue weighted by atomic mass is 10.1. The zero-order chi connectivity index (χ0) is 15.7. The Balaban J connectivity index is 1.74. The second-order valence-corrected chi connectivity index (χ2v) is 6.11. The largest absolute Gasteiger partial charge is 0.416 e. The molecule has 2 aromatic carbocycles. The van der Waals surface area contributed by atoms with Crippen molar-refractivity contribution >= 4 is 34.4 Å². The molecule has 2 nitrogen and oxygen atoms in total. The summed E-state index contributed by atoms with van der Waals surface area (Å²) in [6.45, 7) is 0. The molecule has 0 unspecified atom stereocenters. The van der Waals surface area contributed by atoms with E-state index in [1.807, 2.05) is 6.07 Å². The predicted molar refractivity (Wildman–Crippen MR) is 82.1 cm³/mol. The molecule has 0 aliphatic carbocycles. The third-order valence-electron chi connectivity index (χ3n) is 3.15. The summed E-state index contributed by atoms with van der Waals surface area (Å²) < 4.78 is 37.5. The minimum Gasteiger partial charge on any atom is -0.345 e. The van der Waals surface area contributed by atoms with Crippen molar-refractivity contribution in [3.05, 3.63) is 58.9 Å². The highest BCUT2D eigenvalue weighted by Gasteiger charge is 2.29. The van der Waals surface area contributed by atoms with Crippen LogP contribution in [0.15, 0.2) is 47.6 Å². The zero-order valence-electron chi connectivity index (χ0n) is 11.1. The molecular weight excluding hydrogens is 333 g/mol. The number of imidazole rings is 1. The molecule has 7 heteroatoms. The van der Waals surface area contributed by atoms with Gasteiger partial charge in [0, 0.05) is 10.6 Å². The van der Waals surface area contributed by atoms with Gasteiger partial charge in [-0.2, -0.15) is 13.2 Å². The Hall–Kier alpha value is -1.66. The first kappa shape index (κ1) is 15.2. The molecule has 3 aromatic rings. The van der Waals surface area contributed by atoms with Gasteiger partial charge in [0.1, 0.15) is 0 Å². The summed E-state index contributed by atoms with van der Waals surface area (Å²) in [6, 6.07) is 8.80. The van der Waals surface area contributed by atoms with Gasteiger partial charge in [0.25, 0.3) is 0 Å². The molecule has 0 spiro atoms. The number of nitrogens with one attached hydrogen (secondary N) is 1. The highest BCUT2D eigenvalue weighted by atomic mass is 35.5. The van der Waals surface area contributed by atoms with E-state index in [0.717, 1.165) is 33.6 Å². The van der Waals surface area contributed by atoms with Crippen molar-refractivity contribution in [1.29, 1.82) is 0 Å². The Morgan fingerprint density at radius 3 is 2.55 bits per heavy atom. The Bertz CT molecular complexity index is 797. The fraction of sp³-hybridized carbons (Fsp3) is 0.133. The maximum Gasteiger partial charge on any atom is 0.416 e. The Labute approximate surface area is 133 Å². The first-order chi connectivity index (χ1) is 10.4. The first-order valence-corrected chi connectivity index (χ1v) is 7.71. The number of alkyl halides is 3. The lowest BCUT2D eigenvalue weighted by Crippen LogP contribution is -2.04. The standard InChI is InChI=1S/C15H10ClF3N2S/c16-11-5-12-13(21-8-20-12)6-14(11)22-7-9-1-3-10(4-2-9)15(17,18)19/h1-6,8H,7H2,(H,20,21). The Kier molecular flexibility index (Phi) is 4.06. The van der Waals surface area contributed by atoms with Crippen LogP contribution < -0.4 is 0 Å². The molecule has 0 saturated heterocycles. The Morgan fingerprint density at radius 2 is 1.86 bits per heavy atom. The molecule has 0 fully saturated rings. The van der Waals surface area contributed by atoms with Crippen molar-refractivity contribution in [2.45, 2.75) is 16.8 Å². The maximum atomic E-state index is 12.5. The van der Waals surface area contributed by atoms with Gasteiger partial charge in [-0.1, -0.05) is 23.7 Å². The molecule has 0 atom stereocenters. The van der Waals surface area contributed by atoms with Gasteiger partial charge in [-0.05, 0) is 29.8 Å². The summed E-state index contributed by atoms with van der Waals surface area (Å²) in [7, 11) is 0. The number of hydrogen-bond acceptors (Lipinski definition) is 2. The van der Waals surface area contributed by atoms with Crippen LogP contribution in [0.1, 0.15) is 11.1 Å². The topological polar surface area (TPSA) is 28.7 Å². The Morgan fingerprint density at radius 1 is 1.14 bits per heavy atom. The van der Waals surface area contributed by atoms with E-state index >= 15 is 0 Å². The van der Waals surface area contributed by atoms with Gasteiger partial charge in [-0.15, -0.1) is 11.8 Å². The average Bonchev–Trinajstić information content (AvgIpc) is 2.91. The van der Waals surface area contributed by atoms with Crippen molar-refractivity contribution < 1.29 is 13.2 Å². The van der Waals surface area contributed by atoms with Crippen molar-refractivity contribution in [1.82, 2.24) is 9.97 Å². The van der Waals surface area contributed by atoms with E-state index in [1.165, 1.54) is 23.9 Å². The average molecular weight is 343 g/mol. The molecule has 3 rings (SSSR count). The first-order valence-electron chi connectivity index (χ1n) is 6.35. The predicted octanol–water partition coefficient (Wildman–Crippen LogP) is 5.53. The van der Waals surface area contributed by atoms with E-state index in [2.05, 4.69) is 9.97 Å². The SMILES string of the molecule is FC(F)(F)c1ccc(CSc2cc3nc[nH]c3cc2Cl)cc1. The lowest BCUT2D eigenvalue weighted by Gasteiger charge is -2.08. The number of aromatic amines is 1. The molecule has 0 saturated carbocycles. The summed E-state index contributed by atoms with van der Waals surface area (Å²) in [5.74, 6) is 0.536. The molecule has 0 radical (unpaired) electrons. The normalized spacial score (nSPS) is 12.0. The highest BCUT2D eigenvalue weighted by molar-refractivity contribution is 7.98. The van der Waals surface area contributed by atoms with Crippen LogP contribution in [-0.4, -0.2) is 9.97 Å². The van der Waals surface area contributed by atoms with Gasteiger partial charge >= 0.3 is 6.18 Å². The van der Waals surface area contributed by atoms with Gasteiger partial charge in [0.2, 0.25) is 0 Å². The molecule has 114 valence electrons. The summed E-state index contributed by atoms with van der Waals surface area (Å²) in [5.41, 5.74) is 1.82. The highest BCUT2D eigenvalue weighted by Crippen LogP contribution is 2.33. The van der Waals surface area contributed by atoms with E-state index in [9.17, 15) is 13.2 Å². The number of benzene rings is 2. The van der Waals surface area contributed by atoms with Crippen LogP contribution in [0.25, 0.3) is 11.0 Å². The van der Waals surface area contributed by atoms with Gasteiger partial charge in [-0.25, -0.2) is 4.98 Å². The van der Waals surface area contributed by atoms with E-state index < -0.39 is 11.7 Å². The third-order valence-corrected chi connectivity index (χ3v) is 4.70. The molecule has 0 amide bonds. The monoisotopic (exact) mass is 342 g/mol. The summed E-state index contributed by atoms with van der Waals surface area (Å²) in [4.78, 5) is 7.98. The van der Waals surface area contributed by atoms with Gasteiger partial charge in [-0.3, -0.25) is 0 Å². The molecule has 1 heterocycles. The van der Waals surface area contributed by atoms with Crippen molar-refractivity contribution in [2.75, 3.05) is 0 Å². The van der Waals surface area contributed by atoms with Gasteiger partial charge < -0.3 is 4.98 Å². The number of nitrogens with zero attached hydrogens (tertiary/aromatic N) is 1. The maximum absolute atomic E-state index is 12.5. The summed E-state index contributed by atoms with van der Waals surface area (Å²) in [5, 5.41) is 0.591. The molecular formula is C15H10ClF3N2S. The van der Waals surface area contributed by atoms with Crippen LogP contribution in [0.2, 0.25) is 5.02 Å². The van der Waals surface area contributed by atoms with Crippen LogP contribution >= 0.6 is 23.4 Å². The number of hydrogen-bond donors (Lipinski definition) is 1. The minimum atomic E-state index is -4.31. The summed E-state index contributed by atoms with van der Waals surface area (Å²) in [6.07, 6.45) is -2.72. The quantitative estimate of drug-likeness (QED) is 0.634. The molecule has 0 bridgehead atoms. The molecule has 22 heavy (non-hydrogen) atoms. The van der Waals surface area contributed by atoms with Crippen molar-refractivity contribution in [2.24, 2.45) is 0 Å². The number of aromatic nitrogens is 2. The molecule has 0 aliphatic rings. The fourth-order valence-corrected chi connectivity index (χ4v) is 3.23. The van der Waals surface area contributed by atoms with E-state index in [0.29, 0.717) is 10.8 Å². The fourth-order valence-electron chi connectivity index (χ4n) is 2.00. The van der Waals surface area contributed by atoms with Crippen molar-refractivity contribution in [3.63, 3.8) is 0 Å².